The molecule has 6 nitrogen and oxygen atoms in total. The predicted molar refractivity (Wildman–Crippen MR) is 62.4 cm³/mol. The van der Waals surface area contributed by atoms with Crippen LogP contribution in [0.5, 0.6) is 0 Å². The molecule has 17 heavy (non-hydrogen) atoms. The molecule has 6 heteroatoms. The summed E-state index contributed by atoms with van der Waals surface area (Å²) in [5, 5.41) is 4.17. The molecule has 0 saturated carbocycles. The summed E-state index contributed by atoms with van der Waals surface area (Å²) >= 11 is 0. The van der Waals surface area contributed by atoms with Crippen molar-refractivity contribution in [3.63, 3.8) is 0 Å². The lowest BCUT2D eigenvalue weighted by molar-refractivity contribution is 0.0658. The molecule has 90 valence electrons. The molecule has 2 N–H and O–H groups in total. The summed E-state index contributed by atoms with van der Waals surface area (Å²) in [6.07, 6.45) is 4.84. The third kappa shape index (κ3) is 2.08. The van der Waals surface area contributed by atoms with Crippen LogP contribution in [0.3, 0.4) is 0 Å². The highest BCUT2D eigenvalue weighted by molar-refractivity contribution is 5.40. The zero-order valence-electron chi connectivity index (χ0n) is 9.54. The Hall–Kier alpha value is -1.69. The van der Waals surface area contributed by atoms with Crippen molar-refractivity contribution in [1.82, 2.24) is 19.6 Å². The van der Waals surface area contributed by atoms with Gasteiger partial charge in [0.05, 0.1) is 0 Å². The molecule has 0 amide bonds. The number of aromatic nitrogens is 4. The van der Waals surface area contributed by atoms with Crippen LogP contribution in [0.2, 0.25) is 0 Å². The van der Waals surface area contributed by atoms with E-state index in [1.165, 1.54) is 0 Å². The molecular formula is C11H15N5O. The minimum Gasteiger partial charge on any atom is -0.381 e. The summed E-state index contributed by atoms with van der Waals surface area (Å²) in [4.78, 5) is 8.51. The van der Waals surface area contributed by atoms with Crippen molar-refractivity contribution in [2.75, 3.05) is 18.9 Å². The number of fused-ring (bicyclic) bond motifs is 1. The average molecular weight is 233 g/mol. The molecule has 2 aromatic heterocycles. The van der Waals surface area contributed by atoms with Crippen molar-refractivity contribution < 1.29 is 4.74 Å². The number of hydrogen-bond donors (Lipinski definition) is 1. The van der Waals surface area contributed by atoms with Crippen LogP contribution in [0.25, 0.3) is 5.65 Å². The second-order valence-corrected chi connectivity index (χ2v) is 4.36. The molecule has 0 spiro atoms. The van der Waals surface area contributed by atoms with Gasteiger partial charge in [-0.1, -0.05) is 0 Å². The lowest BCUT2D eigenvalue weighted by Crippen LogP contribution is -2.19. The van der Waals surface area contributed by atoms with Gasteiger partial charge in [-0.25, -0.2) is 4.98 Å². The molecule has 3 heterocycles. The van der Waals surface area contributed by atoms with E-state index in [1.54, 1.807) is 10.7 Å². The second-order valence-electron chi connectivity index (χ2n) is 4.36. The highest BCUT2D eigenvalue weighted by Crippen LogP contribution is 2.19. The summed E-state index contributed by atoms with van der Waals surface area (Å²) < 4.78 is 7.09. The van der Waals surface area contributed by atoms with E-state index in [4.69, 9.17) is 10.5 Å². The Labute approximate surface area is 98.8 Å². The van der Waals surface area contributed by atoms with Crippen molar-refractivity contribution in [2.45, 2.75) is 19.3 Å². The molecule has 1 saturated heterocycles. The van der Waals surface area contributed by atoms with Gasteiger partial charge in [-0.15, -0.1) is 5.10 Å². The normalized spacial score (nSPS) is 17.6. The van der Waals surface area contributed by atoms with Gasteiger partial charge >= 0.3 is 0 Å². The molecule has 0 atom stereocenters. The first-order valence-corrected chi connectivity index (χ1v) is 5.87. The van der Waals surface area contributed by atoms with E-state index in [-0.39, 0.29) is 0 Å². The Morgan fingerprint density at radius 1 is 1.41 bits per heavy atom. The maximum absolute atomic E-state index is 5.60. The average Bonchev–Trinajstić information content (AvgIpc) is 2.72. The zero-order valence-corrected chi connectivity index (χ0v) is 9.54. The van der Waals surface area contributed by atoms with Crippen LogP contribution in [0.4, 0.5) is 5.95 Å². The summed E-state index contributed by atoms with van der Waals surface area (Å²) in [6.45, 7) is 1.69. The Bertz CT molecular complexity index is 518. The van der Waals surface area contributed by atoms with Crippen LogP contribution in [0.15, 0.2) is 12.3 Å². The molecule has 1 aliphatic heterocycles. The maximum Gasteiger partial charge on any atom is 0.240 e. The second kappa shape index (κ2) is 4.29. The quantitative estimate of drug-likeness (QED) is 0.825. The van der Waals surface area contributed by atoms with Crippen molar-refractivity contribution >= 4 is 11.6 Å². The number of ether oxygens (including phenoxy) is 1. The number of hydrogen-bond acceptors (Lipinski definition) is 5. The fraction of sp³-hybridized carbons (Fsp3) is 0.545. The Morgan fingerprint density at radius 2 is 2.24 bits per heavy atom. The van der Waals surface area contributed by atoms with E-state index < -0.39 is 0 Å². The first-order chi connectivity index (χ1) is 8.33. The number of nitrogen functional groups attached to an aromatic ring is 1. The first-order valence-electron chi connectivity index (χ1n) is 5.87. The minimum absolute atomic E-state index is 0.297. The fourth-order valence-corrected chi connectivity index (χ4v) is 2.23. The lowest BCUT2D eigenvalue weighted by atomic mass is 9.96. The lowest BCUT2D eigenvalue weighted by Gasteiger charge is -2.21. The summed E-state index contributed by atoms with van der Waals surface area (Å²) in [5.74, 6) is 1.84. The molecule has 1 aliphatic rings. The smallest absolute Gasteiger partial charge is 0.240 e. The molecule has 0 unspecified atom stereocenters. The highest BCUT2D eigenvalue weighted by Gasteiger charge is 2.17. The van der Waals surface area contributed by atoms with E-state index in [1.807, 2.05) is 6.07 Å². The SMILES string of the molecule is Nc1nc2ccnc(CC3CCOCC3)n2n1. The van der Waals surface area contributed by atoms with Crippen molar-refractivity contribution in [3.8, 4) is 0 Å². The van der Waals surface area contributed by atoms with Crippen LogP contribution in [-0.2, 0) is 11.2 Å². The van der Waals surface area contributed by atoms with Crippen LogP contribution < -0.4 is 5.73 Å². The van der Waals surface area contributed by atoms with Gasteiger partial charge in [-0.3, -0.25) is 0 Å². The van der Waals surface area contributed by atoms with Gasteiger partial charge < -0.3 is 10.5 Å². The zero-order chi connectivity index (χ0) is 11.7. The van der Waals surface area contributed by atoms with Crippen molar-refractivity contribution in [1.29, 1.82) is 0 Å². The van der Waals surface area contributed by atoms with Gasteiger partial charge in [-0.05, 0) is 18.8 Å². The van der Waals surface area contributed by atoms with Crippen LogP contribution >= 0.6 is 0 Å². The van der Waals surface area contributed by atoms with Crippen LogP contribution in [0, 0.1) is 5.92 Å². The monoisotopic (exact) mass is 233 g/mol. The van der Waals surface area contributed by atoms with E-state index >= 15 is 0 Å². The van der Waals surface area contributed by atoms with Crippen molar-refractivity contribution in [2.24, 2.45) is 5.92 Å². The Balaban J connectivity index is 1.88. The third-order valence-electron chi connectivity index (χ3n) is 3.15. The largest absolute Gasteiger partial charge is 0.381 e. The molecule has 0 aliphatic carbocycles. The predicted octanol–water partition coefficient (Wildman–Crippen LogP) is 0.676. The topological polar surface area (TPSA) is 78.3 Å². The van der Waals surface area contributed by atoms with Crippen molar-refractivity contribution in [3.05, 3.63) is 18.1 Å². The van der Waals surface area contributed by atoms with Gasteiger partial charge in [0.15, 0.2) is 5.65 Å². The number of anilines is 1. The molecule has 1 fully saturated rings. The Morgan fingerprint density at radius 3 is 3.06 bits per heavy atom. The molecule has 0 radical (unpaired) electrons. The van der Waals surface area contributed by atoms with E-state index in [0.717, 1.165) is 43.9 Å². The molecule has 0 aromatic carbocycles. The fourth-order valence-electron chi connectivity index (χ4n) is 2.23. The summed E-state index contributed by atoms with van der Waals surface area (Å²) in [7, 11) is 0. The number of nitrogens with zero attached hydrogens (tertiary/aromatic N) is 4. The molecule has 2 aromatic rings. The van der Waals surface area contributed by atoms with Crippen LogP contribution in [0.1, 0.15) is 18.7 Å². The number of rotatable bonds is 2. The summed E-state index contributed by atoms with van der Waals surface area (Å²) in [5.41, 5.74) is 6.37. The molecule has 3 rings (SSSR count). The summed E-state index contributed by atoms with van der Waals surface area (Å²) in [6, 6.07) is 1.82. The van der Waals surface area contributed by atoms with Gasteiger partial charge in [-0.2, -0.15) is 9.50 Å². The number of nitrogens with two attached hydrogens (primary N) is 1. The standard InChI is InChI=1S/C11H15N5O/c12-11-14-9-1-4-13-10(16(9)15-11)7-8-2-5-17-6-3-8/h1,4,8H,2-3,5-7H2,(H2,12,15). The van der Waals surface area contributed by atoms with Crippen LogP contribution in [-0.4, -0.2) is 32.8 Å². The minimum atomic E-state index is 0.297. The molecule has 0 bridgehead atoms. The third-order valence-corrected chi connectivity index (χ3v) is 3.15. The van der Waals surface area contributed by atoms with E-state index in [9.17, 15) is 0 Å². The maximum atomic E-state index is 5.60. The first kappa shape index (κ1) is 10.5. The van der Waals surface area contributed by atoms with E-state index in [0.29, 0.717) is 11.9 Å². The van der Waals surface area contributed by atoms with E-state index in [2.05, 4.69) is 15.1 Å². The Kier molecular flexibility index (Phi) is 2.64. The van der Waals surface area contributed by atoms with Gasteiger partial charge in [0.25, 0.3) is 0 Å². The molecular weight excluding hydrogens is 218 g/mol. The highest BCUT2D eigenvalue weighted by atomic mass is 16.5. The van der Waals surface area contributed by atoms with Gasteiger partial charge in [0.1, 0.15) is 5.82 Å². The van der Waals surface area contributed by atoms with Gasteiger partial charge in [0.2, 0.25) is 5.95 Å². The van der Waals surface area contributed by atoms with Gasteiger partial charge in [0, 0.05) is 31.9 Å².